The van der Waals surface area contributed by atoms with Gasteiger partial charge in [-0.05, 0) is 18.3 Å². The number of rotatable bonds is 2. The van der Waals surface area contributed by atoms with Gasteiger partial charge in [0.05, 0.1) is 5.69 Å². The minimum Gasteiger partial charge on any atom is -0.396 e. The first kappa shape index (κ1) is 12.0. The van der Waals surface area contributed by atoms with Crippen LogP contribution in [0.25, 0.3) is 0 Å². The van der Waals surface area contributed by atoms with Crippen LogP contribution >= 0.6 is 0 Å². The highest BCUT2D eigenvalue weighted by Crippen LogP contribution is 2.25. The molecule has 1 atom stereocenters. The van der Waals surface area contributed by atoms with Gasteiger partial charge in [-0.3, -0.25) is 9.48 Å². The Bertz CT molecular complexity index is 424. The van der Waals surface area contributed by atoms with Crippen molar-refractivity contribution in [2.75, 3.05) is 18.8 Å². The highest BCUT2D eigenvalue weighted by Gasteiger charge is 2.30. The molecule has 2 N–H and O–H groups in total. The van der Waals surface area contributed by atoms with Crippen molar-refractivity contribution >= 4 is 11.6 Å². The zero-order valence-corrected chi connectivity index (χ0v) is 10.7. The molecule has 5 nitrogen and oxygen atoms in total. The van der Waals surface area contributed by atoms with Crippen LogP contribution in [0.15, 0.2) is 6.20 Å². The molecule has 0 bridgehead atoms. The van der Waals surface area contributed by atoms with Gasteiger partial charge in [-0.2, -0.15) is 5.10 Å². The van der Waals surface area contributed by atoms with Gasteiger partial charge in [0, 0.05) is 26.3 Å². The standard InChI is InChI=1S/C12H20N4O/c1-8(2)9-4-5-16(6-9)12(17)11-10(13)7-15(3)14-11/h7-9H,4-6,13H2,1-3H3. The zero-order chi connectivity index (χ0) is 12.6. The molecule has 0 saturated carbocycles. The fourth-order valence-corrected chi connectivity index (χ4v) is 2.34. The van der Waals surface area contributed by atoms with Gasteiger partial charge in [0.25, 0.3) is 5.91 Å². The minimum absolute atomic E-state index is 0.0359. The Morgan fingerprint density at radius 2 is 2.29 bits per heavy atom. The molecule has 2 heterocycles. The summed E-state index contributed by atoms with van der Waals surface area (Å²) in [5.74, 6) is 1.18. The molecule has 1 aliphatic heterocycles. The molecule has 0 spiro atoms. The lowest BCUT2D eigenvalue weighted by Crippen LogP contribution is -2.30. The lowest BCUT2D eigenvalue weighted by atomic mass is 9.95. The molecule has 1 unspecified atom stereocenters. The molecule has 5 heteroatoms. The Kier molecular flexibility index (Phi) is 3.09. The summed E-state index contributed by atoms with van der Waals surface area (Å²) >= 11 is 0. The van der Waals surface area contributed by atoms with Gasteiger partial charge in [-0.15, -0.1) is 0 Å². The summed E-state index contributed by atoms with van der Waals surface area (Å²) in [5.41, 5.74) is 6.62. The van der Waals surface area contributed by atoms with Gasteiger partial charge in [-0.1, -0.05) is 13.8 Å². The van der Waals surface area contributed by atoms with Crippen LogP contribution in [0.2, 0.25) is 0 Å². The van der Waals surface area contributed by atoms with Gasteiger partial charge >= 0.3 is 0 Å². The van der Waals surface area contributed by atoms with Crippen molar-refractivity contribution in [3.63, 3.8) is 0 Å². The molecule has 1 aromatic heterocycles. The topological polar surface area (TPSA) is 64.2 Å². The number of hydrogen-bond acceptors (Lipinski definition) is 3. The summed E-state index contributed by atoms with van der Waals surface area (Å²) in [4.78, 5) is 14.1. The lowest BCUT2D eigenvalue weighted by molar-refractivity contribution is 0.0778. The molecule has 0 radical (unpaired) electrons. The van der Waals surface area contributed by atoms with Crippen molar-refractivity contribution in [2.45, 2.75) is 20.3 Å². The van der Waals surface area contributed by atoms with Crippen molar-refractivity contribution in [3.8, 4) is 0 Å². The van der Waals surface area contributed by atoms with E-state index < -0.39 is 0 Å². The number of carbonyl (C=O) groups excluding carboxylic acids is 1. The maximum Gasteiger partial charge on any atom is 0.276 e. The number of nitrogen functional groups attached to an aromatic ring is 1. The van der Waals surface area contributed by atoms with E-state index in [2.05, 4.69) is 18.9 Å². The number of carbonyl (C=O) groups is 1. The molecule has 1 aromatic rings. The second-order valence-corrected chi connectivity index (χ2v) is 5.15. The first-order valence-corrected chi connectivity index (χ1v) is 6.07. The van der Waals surface area contributed by atoms with E-state index in [0.717, 1.165) is 19.5 Å². The molecule has 0 aliphatic carbocycles. The van der Waals surface area contributed by atoms with Crippen LogP contribution in [0.5, 0.6) is 0 Å². The third-order valence-electron chi connectivity index (χ3n) is 3.51. The maximum atomic E-state index is 12.2. The number of aromatic nitrogens is 2. The Morgan fingerprint density at radius 3 is 2.76 bits per heavy atom. The van der Waals surface area contributed by atoms with Crippen LogP contribution in [0.1, 0.15) is 30.8 Å². The second kappa shape index (κ2) is 4.39. The molecular formula is C12H20N4O. The fraction of sp³-hybridized carbons (Fsp3) is 0.667. The molecule has 17 heavy (non-hydrogen) atoms. The molecular weight excluding hydrogens is 216 g/mol. The number of amides is 1. The molecule has 1 fully saturated rings. The third-order valence-corrected chi connectivity index (χ3v) is 3.51. The number of anilines is 1. The van der Waals surface area contributed by atoms with Crippen molar-refractivity contribution in [2.24, 2.45) is 18.9 Å². The Labute approximate surface area is 102 Å². The Morgan fingerprint density at radius 1 is 1.59 bits per heavy atom. The van der Waals surface area contributed by atoms with Crippen LogP contribution in [0.3, 0.4) is 0 Å². The van der Waals surface area contributed by atoms with E-state index in [9.17, 15) is 4.79 Å². The van der Waals surface area contributed by atoms with Crippen molar-refractivity contribution in [3.05, 3.63) is 11.9 Å². The zero-order valence-electron chi connectivity index (χ0n) is 10.7. The van der Waals surface area contributed by atoms with Crippen molar-refractivity contribution in [1.82, 2.24) is 14.7 Å². The molecule has 1 saturated heterocycles. The summed E-state index contributed by atoms with van der Waals surface area (Å²) in [6.45, 7) is 6.05. The molecule has 1 aliphatic rings. The number of likely N-dealkylation sites (tertiary alicyclic amines) is 1. The molecule has 2 rings (SSSR count). The van der Waals surface area contributed by atoms with E-state index in [1.54, 1.807) is 17.9 Å². The molecule has 94 valence electrons. The first-order valence-electron chi connectivity index (χ1n) is 6.07. The van der Waals surface area contributed by atoms with Gasteiger partial charge < -0.3 is 10.6 Å². The second-order valence-electron chi connectivity index (χ2n) is 5.15. The van der Waals surface area contributed by atoms with E-state index in [4.69, 9.17) is 5.73 Å². The average Bonchev–Trinajstić information content (AvgIpc) is 2.84. The minimum atomic E-state index is -0.0359. The van der Waals surface area contributed by atoms with Crippen molar-refractivity contribution < 1.29 is 4.79 Å². The monoisotopic (exact) mass is 236 g/mol. The summed E-state index contributed by atoms with van der Waals surface area (Å²) in [7, 11) is 1.77. The smallest absolute Gasteiger partial charge is 0.276 e. The SMILES string of the molecule is CC(C)C1CCN(C(=O)c2nn(C)cc2N)C1. The number of nitrogens with zero attached hydrogens (tertiary/aromatic N) is 3. The highest BCUT2D eigenvalue weighted by molar-refractivity contribution is 5.97. The predicted octanol–water partition coefficient (Wildman–Crippen LogP) is 1.12. The number of hydrogen-bond donors (Lipinski definition) is 1. The van der Waals surface area contributed by atoms with Gasteiger partial charge in [0.2, 0.25) is 0 Å². The van der Waals surface area contributed by atoms with E-state index in [0.29, 0.717) is 23.2 Å². The van der Waals surface area contributed by atoms with E-state index in [1.807, 2.05) is 4.90 Å². The third kappa shape index (κ3) is 2.28. The number of nitrogens with two attached hydrogens (primary N) is 1. The normalized spacial score (nSPS) is 20.2. The van der Waals surface area contributed by atoms with Gasteiger partial charge in [0.15, 0.2) is 5.69 Å². The van der Waals surface area contributed by atoms with Crippen LogP contribution < -0.4 is 5.73 Å². The fourth-order valence-electron chi connectivity index (χ4n) is 2.34. The van der Waals surface area contributed by atoms with Gasteiger partial charge in [0.1, 0.15) is 0 Å². The van der Waals surface area contributed by atoms with E-state index in [-0.39, 0.29) is 5.91 Å². The molecule has 1 amide bonds. The Balaban J connectivity index is 2.09. The lowest BCUT2D eigenvalue weighted by Gasteiger charge is -2.17. The summed E-state index contributed by atoms with van der Waals surface area (Å²) in [6, 6.07) is 0. The predicted molar refractivity (Wildman–Crippen MR) is 66.5 cm³/mol. The molecule has 0 aromatic carbocycles. The van der Waals surface area contributed by atoms with E-state index in [1.165, 1.54) is 0 Å². The van der Waals surface area contributed by atoms with Crippen LogP contribution in [-0.4, -0.2) is 33.7 Å². The van der Waals surface area contributed by atoms with Crippen LogP contribution in [0.4, 0.5) is 5.69 Å². The number of aryl methyl sites for hydroxylation is 1. The summed E-state index contributed by atoms with van der Waals surface area (Å²) < 4.78 is 1.58. The summed E-state index contributed by atoms with van der Waals surface area (Å²) in [6.07, 6.45) is 2.75. The largest absolute Gasteiger partial charge is 0.396 e. The van der Waals surface area contributed by atoms with Gasteiger partial charge in [-0.25, -0.2) is 0 Å². The maximum absolute atomic E-state index is 12.2. The van der Waals surface area contributed by atoms with Crippen LogP contribution in [-0.2, 0) is 7.05 Å². The van der Waals surface area contributed by atoms with Crippen LogP contribution in [0, 0.1) is 11.8 Å². The van der Waals surface area contributed by atoms with E-state index >= 15 is 0 Å². The highest BCUT2D eigenvalue weighted by atomic mass is 16.2. The first-order chi connectivity index (χ1) is 7.99. The van der Waals surface area contributed by atoms with Crippen molar-refractivity contribution in [1.29, 1.82) is 0 Å². The quantitative estimate of drug-likeness (QED) is 0.837. The average molecular weight is 236 g/mol. The summed E-state index contributed by atoms with van der Waals surface area (Å²) in [5, 5.41) is 4.13. The Hall–Kier alpha value is -1.52.